The quantitative estimate of drug-likeness (QED) is 0.714. The molecule has 0 aliphatic rings. The summed E-state index contributed by atoms with van der Waals surface area (Å²) in [7, 11) is 0. The van der Waals surface area contributed by atoms with Crippen LogP contribution in [0.25, 0.3) is 5.69 Å². The largest absolute Gasteiger partial charge is 0.382 e. The zero-order chi connectivity index (χ0) is 10.8. The Kier molecular flexibility index (Phi) is 2.09. The Morgan fingerprint density at radius 3 is 2.80 bits per heavy atom. The van der Waals surface area contributed by atoms with E-state index in [1.807, 2.05) is 0 Å². The number of nitrogens with two attached hydrogens (primary N) is 2. The molecule has 0 spiro atoms. The molecule has 0 aliphatic heterocycles. The van der Waals surface area contributed by atoms with Gasteiger partial charge in [0.2, 0.25) is 0 Å². The summed E-state index contributed by atoms with van der Waals surface area (Å²) in [4.78, 5) is 14.7. The highest BCUT2D eigenvalue weighted by molar-refractivity contribution is 5.91. The zero-order valence-corrected chi connectivity index (χ0v) is 7.79. The van der Waals surface area contributed by atoms with E-state index in [1.165, 1.54) is 6.20 Å². The summed E-state index contributed by atoms with van der Waals surface area (Å²) in [5.74, 6) is -0.163. The van der Waals surface area contributed by atoms with Crippen molar-refractivity contribution in [3.8, 4) is 5.69 Å². The van der Waals surface area contributed by atoms with Crippen molar-refractivity contribution in [1.29, 1.82) is 0 Å². The Labute approximate surface area is 85.5 Å². The van der Waals surface area contributed by atoms with Crippen LogP contribution in [0.4, 0.5) is 5.82 Å². The van der Waals surface area contributed by atoms with E-state index in [0.717, 1.165) is 0 Å². The number of carbonyl (C=O) groups is 1. The van der Waals surface area contributed by atoms with Gasteiger partial charge in [-0.15, -0.1) is 0 Å². The van der Waals surface area contributed by atoms with Crippen molar-refractivity contribution in [2.75, 3.05) is 5.73 Å². The number of nitrogen functional groups attached to an aromatic ring is 1. The van der Waals surface area contributed by atoms with E-state index in [2.05, 4.69) is 10.1 Å². The molecule has 0 fully saturated rings. The Bertz CT molecular complexity index is 505. The van der Waals surface area contributed by atoms with Crippen LogP contribution in [0.15, 0.2) is 30.6 Å². The zero-order valence-electron chi connectivity index (χ0n) is 7.79. The highest BCUT2D eigenvalue weighted by Gasteiger charge is 2.04. The molecule has 0 saturated carbocycles. The maximum atomic E-state index is 10.9. The number of carbonyl (C=O) groups excluding carboxylic acids is 1. The van der Waals surface area contributed by atoms with E-state index in [9.17, 15) is 4.79 Å². The number of hydrogen-bond acceptors (Lipinski definition) is 4. The van der Waals surface area contributed by atoms with Crippen LogP contribution in [0.5, 0.6) is 0 Å². The highest BCUT2D eigenvalue weighted by atomic mass is 16.1. The lowest BCUT2D eigenvalue weighted by atomic mass is 10.3. The normalized spacial score (nSPS) is 10.1. The maximum Gasteiger partial charge on any atom is 0.267 e. The monoisotopic (exact) mass is 203 g/mol. The smallest absolute Gasteiger partial charge is 0.267 e. The molecule has 2 aromatic heterocycles. The standard InChI is InChI=1S/C9H9N5O/c10-8-2-4-14(13-8)6-1-3-12-7(5-6)9(11)15/h1-5H,(H2,10,13)(H2,11,15). The molecule has 15 heavy (non-hydrogen) atoms. The first-order chi connectivity index (χ1) is 7.16. The number of hydrogen-bond donors (Lipinski definition) is 2. The molecule has 6 heteroatoms. The van der Waals surface area contributed by atoms with E-state index < -0.39 is 5.91 Å². The van der Waals surface area contributed by atoms with Crippen molar-refractivity contribution < 1.29 is 4.79 Å². The minimum Gasteiger partial charge on any atom is -0.382 e. The predicted octanol–water partition coefficient (Wildman–Crippen LogP) is -0.0516. The second-order valence-electron chi connectivity index (χ2n) is 2.95. The van der Waals surface area contributed by atoms with E-state index in [4.69, 9.17) is 11.5 Å². The summed E-state index contributed by atoms with van der Waals surface area (Å²) < 4.78 is 1.55. The van der Waals surface area contributed by atoms with Crippen LogP contribution < -0.4 is 11.5 Å². The fraction of sp³-hybridized carbons (Fsp3) is 0. The van der Waals surface area contributed by atoms with Crippen LogP contribution in [-0.2, 0) is 0 Å². The molecule has 0 unspecified atom stereocenters. The fourth-order valence-electron chi connectivity index (χ4n) is 1.18. The Morgan fingerprint density at radius 2 is 2.20 bits per heavy atom. The average molecular weight is 203 g/mol. The minimum atomic E-state index is -0.572. The molecule has 2 rings (SSSR count). The fourth-order valence-corrected chi connectivity index (χ4v) is 1.18. The van der Waals surface area contributed by atoms with Crippen molar-refractivity contribution in [3.05, 3.63) is 36.3 Å². The van der Waals surface area contributed by atoms with E-state index in [0.29, 0.717) is 11.5 Å². The molecule has 76 valence electrons. The van der Waals surface area contributed by atoms with Gasteiger partial charge in [0.05, 0.1) is 5.69 Å². The molecule has 4 N–H and O–H groups in total. The summed E-state index contributed by atoms with van der Waals surface area (Å²) in [6.45, 7) is 0. The van der Waals surface area contributed by atoms with Crippen LogP contribution in [0, 0.1) is 0 Å². The van der Waals surface area contributed by atoms with Gasteiger partial charge in [-0.2, -0.15) is 5.10 Å². The van der Waals surface area contributed by atoms with E-state index in [-0.39, 0.29) is 5.69 Å². The molecule has 0 aliphatic carbocycles. The van der Waals surface area contributed by atoms with E-state index >= 15 is 0 Å². The van der Waals surface area contributed by atoms with Crippen LogP contribution in [0.3, 0.4) is 0 Å². The van der Waals surface area contributed by atoms with Gasteiger partial charge < -0.3 is 11.5 Å². The first-order valence-electron chi connectivity index (χ1n) is 4.24. The molecular weight excluding hydrogens is 194 g/mol. The first kappa shape index (κ1) is 9.20. The van der Waals surface area contributed by atoms with Gasteiger partial charge >= 0.3 is 0 Å². The molecule has 0 bridgehead atoms. The number of pyridine rings is 1. The molecule has 2 heterocycles. The number of primary amides is 1. The van der Waals surface area contributed by atoms with Gasteiger partial charge in [-0.05, 0) is 12.1 Å². The molecule has 6 nitrogen and oxygen atoms in total. The summed E-state index contributed by atoms with van der Waals surface area (Å²) in [5, 5.41) is 4.00. The summed E-state index contributed by atoms with van der Waals surface area (Å²) in [5.41, 5.74) is 11.5. The molecule has 1 amide bonds. The summed E-state index contributed by atoms with van der Waals surface area (Å²) in [6, 6.07) is 4.91. The lowest BCUT2D eigenvalue weighted by Gasteiger charge is -2.01. The van der Waals surface area contributed by atoms with Gasteiger partial charge in [-0.1, -0.05) is 0 Å². The lowest BCUT2D eigenvalue weighted by molar-refractivity contribution is 0.0995. The molecule has 2 aromatic rings. The van der Waals surface area contributed by atoms with E-state index in [1.54, 1.807) is 29.1 Å². The van der Waals surface area contributed by atoms with Crippen molar-refractivity contribution in [1.82, 2.24) is 14.8 Å². The maximum absolute atomic E-state index is 10.9. The van der Waals surface area contributed by atoms with Gasteiger partial charge in [0.15, 0.2) is 0 Å². The van der Waals surface area contributed by atoms with Gasteiger partial charge in [0.1, 0.15) is 11.5 Å². The topological polar surface area (TPSA) is 99.8 Å². The summed E-state index contributed by atoms with van der Waals surface area (Å²) >= 11 is 0. The average Bonchev–Trinajstić information content (AvgIpc) is 2.65. The third-order valence-corrected chi connectivity index (χ3v) is 1.87. The number of aromatic nitrogens is 3. The number of amides is 1. The van der Waals surface area contributed by atoms with Crippen LogP contribution in [0.2, 0.25) is 0 Å². The van der Waals surface area contributed by atoms with Crippen molar-refractivity contribution in [2.24, 2.45) is 5.73 Å². The molecular formula is C9H9N5O. The molecule has 0 saturated heterocycles. The third kappa shape index (κ3) is 1.78. The van der Waals surface area contributed by atoms with Gasteiger partial charge in [0.25, 0.3) is 5.91 Å². The predicted molar refractivity (Wildman–Crippen MR) is 54.3 cm³/mol. The van der Waals surface area contributed by atoms with Gasteiger partial charge in [0, 0.05) is 18.5 Å². The lowest BCUT2D eigenvalue weighted by Crippen LogP contribution is -2.13. The first-order valence-corrected chi connectivity index (χ1v) is 4.24. The SMILES string of the molecule is NC(=O)c1cc(-n2ccc(N)n2)ccn1. The van der Waals surface area contributed by atoms with Crippen LogP contribution >= 0.6 is 0 Å². The van der Waals surface area contributed by atoms with Gasteiger partial charge in [-0.25, -0.2) is 4.68 Å². The van der Waals surface area contributed by atoms with Crippen molar-refractivity contribution >= 4 is 11.7 Å². The molecule has 0 radical (unpaired) electrons. The molecule has 0 atom stereocenters. The third-order valence-electron chi connectivity index (χ3n) is 1.87. The number of rotatable bonds is 2. The Balaban J connectivity index is 2.45. The Morgan fingerprint density at radius 1 is 1.40 bits per heavy atom. The van der Waals surface area contributed by atoms with Gasteiger partial charge in [-0.3, -0.25) is 9.78 Å². The second kappa shape index (κ2) is 3.41. The van der Waals surface area contributed by atoms with Crippen molar-refractivity contribution in [3.63, 3.8) is 0 Å². The summed E-state index contributed by atoms with van der Waals surface area (Å²) in [6.07, 6.45) is 3.18. The number of anilines is 1. The second-order valence-corrected chi connectivity index (χ2v) is 2.95. The van der Waals surface area contributed by atoms with Crippen LogP contribution in [-0.4, -0.2) is 20.7 Å². The minimum absolute atomic E-state index is 0.196. The van der Waals surface area contributed by atoms with Crippen LogP contribution in [0.1, 0.15) is 10.5 Å². The highest BCUT2D eigenvalue weighted by Crippen LogP contribution is 2.08. The number of nitrogens with zero attached hydrogens (tertiary/aromatic N) is 3. The molecule has 0 aromatic carbocycles. The Hall–Kier alpha value is -2.37. The van der Waals surface area contributed by atoms with Crippen molar-refractivity contribution in [2.45, 2.75) is 0 Å².